The predicted molar refractivity (Wildman–Crippen MR) is 48.7 cm³/mol. The molecule has 0 spiro atoms. The zero-order chi connectivity index (χ0) is 9.78. The molecule has 3 heteroatoms. The van der Waals surface area contributed by atoms with E-state index in [9.17, 15) is 4.79 Å². The van der Waals surface area contributed by atoms with Crippen LogP contribution in [-0.2, 0) is 9.53 Å². The molecule has 0 fully saturated rings. The molecular formula is C9H19NO2. The lowest BCUT2D eigenvalue weighted by Crippen LogP contribution is -2.28. The van der Waals surface area contributed by atoms with Gasteiger partial charge in [0.15, 0.2) is 0 Å². The number of hydrogen-bond donors (Lipinski definition) is 1. The van der Waals surface area contributed by atoms with E-state index in [-0.39, 0.29) is 12.0 Å². The standard InChI is InChI=1S/C9H19NO2/c1-7(10)5-6-9(2,3)8(11)12-4/h7H,5-6,10H2,1-4H3. The maximum atomic E-state index is 11.2. The van der Waals surface area contributed by atoms with Crippen molar-refractivity contribution in [2.75, 3.05) is 7.11 Å². The van der Waals surface area contributed by atoms with Crippen molar-refractivity contribution in [1.29, 1.82) is 0 Å². The Bertz CT molecular complexity index is 153. The monoisotopic (exact) mass is 173 g/mol. The van der Waals surface area contributed by atoms with Gasteiger partial charge >= 0.3 is 5.97 Å². The number of ether oxygens (including phenoxy) is 1. The Labute approximate surface area is 74.3 Å². The first-order chi connectivity index (χ1) is 5.40. The highest BCUT2D eigenvalue weighted by Crippen LogP contribution is 2.24. The smallest absolute Gasteiger partial charge is 0.311 e. The van der Waals surface area contributed by atoms with Crippen molar-refractivity contribution in [3.05, 3.63) is 0 Å². The Morgan fingerprint density at radius 1 is 1.58 bits per heavy atom. The summed E-state index contributed by atoms with van der Waals surface area (Å²) in [5, 5.41) is 0. The van der Waals surface area contributed by atoms with Crippen LogP contribution in [0, 0.1) is 5.41 Å². The zero-order valence-corrected chi connectivity index (χ0v) is 8.39. The van der Waals surface area contributed by atoms with Crippen LogP contribution in [0.4, 0.5) is 0 Å². The number of esters is 1. The molecule has 12 heavy (non-hydrogen) atoms. The van der Waals surface area contributed by atoms with E-state index in [0.29, 0.717) is 0 Å². The van der Waals surface area contributed by atoms with E-state index in [1.807, 2.05) is 20.8 Å². The SMILES string of the molecule is COC(=O)C(C)(C)CCC(C)N. The van der Waals surface area contributed by atoms with Crippen LogP contribution in [-0.4, -0.2) is 19.1 Å². The van der Waals surface area contributed by atoms with Gasteiger partial charge in [0.25, 0.3) is 0 Å². The average Bonchev–Trinajstić information content (AvgIpc) is 1.99. The van der Waals surface area contributed by atoms with Crippen LogP contribution in [0.3, 0.4) is 0 Å². The maximum absolute atomic E-state index is 11.2. The summed E-state index contributed by atoms with van der Waals surface area (Å²) in [5.74, 6) is -0.164. The normalized spacial score (nSPS) is 14.1. The van der Waals surface area contributed by atoms with Crippen LogP contribution in [0.25, 0.3) is 0 Å². The highest BCUT2D eigenvalue weighted by atomic mass is 16.5. The fourth-order valence-corrected chi connectivity index (χ4v) is 0.967. The second-order valence-corrected chi connectivity index (χ2v) is 3.89. The molecule has 0 rings (SSSR count). The van der Waals surface area contributed by atoms with E-state index in [4.69, 9.17) is 5.73 Å². The van der Waals surface area contributed by atoms with Crippen LogP contribution >= 0.6 is 0 Å². The second kappa shape index (κ2) is 4.45. The predicted octanol–water partition coefficient (Wildman–Crippen LogP) is 1.31. The third-order valence-electron chi connectivity index (χ3n) is 1.96. The molecule has 72 valence electrons. The minimum Gasteiger partial charge on any atom is -0.469 e. The molecule has 0 amide bonds. The summed E-state index contributed by atoms with van der Waals surface area (Å²) in [4.78, 5) is 11.2. The molecule has 0 bridgehead atoms. The Balaban J connectivity index is 3.95. The fraction of sp³-hybridized carbons (Fsp3) is 0.889. The van der Waals surface area contributed by atoms with Crippen molar-refractivity contribution in [2.45, 2.75) is 39.7 Å². The van der Waals surface area contributed by atoms with Crippen LogP contribution in [0.2, 0.25) is 0 Å². The van der Waals surface area contributed by atoms with Gasteiger partial charge in [-0.3, -0.25) is 4.79 Å². The van der Waals surface area contributed by atoms with Crippen LogP contribution in [0.1, 0.15) is 33.6 Å². The third-order valence-corrected chi connectivity index (χ3v) is 1.96. The van der Waals surface area contributed by atoms with Crippen molar-refractivity contribution < 1.29 is 9.53 Å². The Hall–Kier alpha value is -0.570. The van der Waals surface area contributed by atoms with Crippen LogP contribution in [0.5, 0.6) is 0 Å². The quantitative estimate of drug-likeness (QED) is 0.652. The summed E-state index contributed by atoms with van der Waals surface area (Å²) in [6, 6.07) is 0.147. The summed E-state index contributed by atoms with van der Waals surface area (Å²) in [6.07, 6.45) is 1.62. The summed E-state index contributed by atoms with van der Waals surface area (Å²) in [7, 11) is 1.41. The molecule has 2 N–H and O–H groups in total. The maximum Gasteiger partial charge on any atom is 0.311 e. The Kier molecular flexibility index (Phi) is 4.24. The molecule has 0 aromatic rings. The highest BCUT2D eigenvalue weighted by molar-refractivity contribution is 5.75. The summed E-state index contributed by atoms with van der Waals surface area (Å²) in [5.41, 5.74) is 5.19. The third kappa shape index (κ3) is 3.72. The molecule has 0 aromatic carbocycles. The van der Waals surface area contributed by atoms with E-state index >= 15 is 0 Å². The van der Waals surface area contributed by atoms with Crippen molar-refractivity contribution in [2.24, 2.45) is 11.1 Å². The minimum atomic E-state index is -0.400. The molecule has 0 saturated heterocycles. The molecule has 0 aliphatic carbocycles. The number of carbonyl (C=O) groups is 1. The van der Waals surface area contributed by atoms with Gasteiger partial charge in [-0.1, -0.05) is 0 Å². The molecule has 0 saturated carbocycles. The Morgan fingerprint density at radius 3 is 2.42 bits per heavy atom. The van der Waals surface area contributed by atoms with Crippen LogP contribution < -0.4 is 5.73 Å². The number of hydrogen-bond acceptors (Lipinski definition) is 3. The fourth-order valence-electron chi connectivity index (χ4n) is 0.967. The summed E-state index contributed by atoms with van der Waals surface area (Å²) in [6.45, 7) is 5.69. The van der Waals surface area contributed by atoms with Gasteiger partial charge in [0.05, 0.1) is 12.5 Å². The zero-order valence-electron chi connectivity index (χ0n) is 8.39. The lowest BCUT2D eigenvalue weighted by Gasteiger charge is -2.21. The van der Waals surface area contributed by atoms with Gasteiger partial charge in [-0.15, -0.1) is 0 Å². The number of carbonyl (C=O) groups excluding carboxylic acids is 1. The van der Waals surface area contributed by atoms with Crippen molar-refractivity contribution in [3.8, 4) is 0 Å². The van der Waals surface area contributed by atoms with E-state index in [2.05, 4.69) is 4.74 Å². The number of rotatable bonds is 4. The number of nitrogens with two attached hydrogens (primary N) is 1. The van der Waals surface area contributed by atoms with Gasteiger partial charge in [0.2, 0.25) is 0 Å². The molecule has 1 unspecified atom stereocenters. The van der Waals surface area contributed by atoms with E-state index < -0.39 is 5.41 Å². The summed E-state index contributed by atoms with van der Waals surface area (Å²) < 4.78 is 4.67. The van der Waals surface area contributed by atoms with E-state index in [1.54, 1.807) is 0 Å². The molecular weight excluding hydrogens is 154 g/mol. The van der Waals surface area contributed by atoms with E-state index in [0.717, 1.165) is 12.8 Å². The van der Waals surface area contributed by atoms with E-state index in [1.165, 1.54) is 7.11 Å². The second-order valence-electron chi connectivity index (χ2n) is 3.89. The highest BCUT2D eigenvalue weighted by Gasteiger charge is 2.28. The minimum absolute atomic E-state index is 0.147. The van der Waals surface area contributed by atoms with Gasteiger partial charge in [0.1, 0.15) is 0 Å². The largest absolute Gasteiger partial charge is 0.469 e. The van der Waals surface area contributed by atoms with Crippen molar-refractivity contribution in [3.63, 3.8) is 0 Å². The van der Waals surface area contributed by atoms with Gasteiger partial charge in [0, 0.05) is 6.04 Å². The van der Waals surface area contributed by atoms with Crippen molar-refractivity contribution in [1.82, 2.24) is 0 Å². The van der Waals surface area contributed by atoms with Crippen LogP contribution in [0.15, 0.2) is 0 Å². The summed E-state index contributed by atoms with van der Waals surface area (Å²) >= 11 is 0. The van der Waals surface area contributed by atoms with Gasteiger partial charge < -0.3 is 10.5 Å². The molecule has 0 aliphatic heterocycles. The molecule has 0 radical (unpaired) electrons. The first-order valence-electron chi connectivity index (χ1n) is 4.24. The van der Waals surface area contributed by atoms with Gasteiger partial charge in [-0.25, -0.2) is 0 Å². The topological polar surface area (TPSA) is 52.3 Å². The first kappa shape index (κ1) is 11.4. The number of methoxy groups -OCH3 is 1. The molecule has 0 aromatic heterocycles. The average molecular weight is 173 g/mol. The lowest BCUT2D eigenvalue weighted by molar-refractivity contribution is -0.151. The molecule has 0 aliphatic rings. The van der Waals surface area contributed by atoms with Gasteiger partial charge in [-0.05, 0) is 33.6 Å². The molecule has 3 nitrogen and oxygen atoms in total. The Morgan fingerprint density at radius 2 is 2.08 bits per heavy atom. The molecule has 0 heterocycles. The van der Waals surface area contributed by atoms with Crippen molar-refractivity contribution >= 4 is 5.97 Å². The lowest BCUT2D eigenvalue weighted by atomic mass is 9.87. The first-order valence-corrected chi connectivity index (χ1v) is 4.24. The molecule has 1 atom stereocenters. The van der Waals surface area contributed by atoms with Gasteiger partial charge in [-0.2, -0.15) is 0 Å².